The van der Waals surface area contributed by atoms with Crippen molar-refractivity contribution in [1.82, 2.24) is 14.9 Å². The SMILES string of the molecule is Cc1nc2cc3ccccc3cc2c(=O)n1[C@]1(C)CCC(=O)NC1=O. The molecular weight excluding hydrogens is 318 g/mol. The number of benzene rings is 2. The fraction of sp³-hybridized carbons (Fsp3) is 0.263. The molecule has 1 saturated heterocycles. The molecule has 126 valence electrons. The van der Waals surface area contributed by atoms with Crippen molar-refractivity contribution in [3.8, 4) is 0 Å². The molecule has 1 atom stereocenters. The molecule has 1 aliphatic heterocycles. The average Bonchev–Trinajstić information content (AvgIpc) is 2.57. The molecule has 4 rings (SSSR count). The van der Waals surface area contributed by atoms with Gasteiger partial charge in [-0.15, -0.1) is 0 Å². The fourth-order valence-corrected chi connectivity index (χ4v) is 3.57. The van der Waals surface area contributed by atoms with E-state index in [1.165, 1.54) is 4.57 Å². The van der Waals surface area contributed by atoms with Crippen molar-refractivity contribution in [1.29, 1.82) is 0 Å². The first-order chi connectivity index (χ1) is 11.9. The van der Waals surface area contributed by atoms with Gasteiger partial charge in [-0.05, 0) is 43.2 Å². The second-order valence-corrected chi connectivity index (χ2v) is 6.67. The maximum absolute atomic E-state index is 13.2. The van der Waals surface area contributed by atoms with Crippen molar-refractivity contribution >= 4 is 33.5 Å². The number of carbonyl (C=O) groups excluding carboxylic acids is 2. The highest BCUT2D eigenvalue weighted by atomic mass is 16.2. The lowest BCUT2D eigenvalue weighted by atomic mass is 9.90. The summed E-state index contributed by atoms with van der Waals surface area (Å²) in [5, 5.41) is 4.75. The van der Waals surface area contributed by atoms with E-state index in [-0.39, 0.29) is 24.3 Å². The Balaban J connectivity index is 2.02. The van der Waals surface area contributed by atoms with Crippen LogP contribution in [-0.4, -0.2) is 21.4 Å². The molecule has 1 aliphatic rings. The van der Waals surface area contributed by atoms with Crippen molar-refractivity contribution in [3.63, 3.8) is 0 Å². The molecule has 0 spiro atoms. The Morgan fingerprint density at radius 2 is 1.80 bits per heavy atom. The number of aryl methyl sites for hydroxylation is 1. The van der Waals surface area contributed by atoms with Crippen LogP contribution in [0.3, 0.4) is 0 Å². The summed E-state index contributed by atoms with van der Waals surface area (Å²) in [7, 11) is 0. The molecule has 1 N–H and O–H groups in total. The van der Waals surface area contributed by atoms with Gasteiger partial charge in [-0.2, -0.15) is 0 Å². The molecule has 25 heavy (non-hydrogen) atoms. The minimum absolute atomic E-state index is 0.198. The van der Waals surface area contributed by atoms with E-state index in [1.807, 2.05) is 36.4 Å². The molecule has 6 heteroatoms. The van der Waals surface area contributed by atoms with E-state index in [1.54, 1.807) is 13.8 Å². The highest BCUT2D eigenvalue weighted by molar-refractivity contribution is 6.02. The average molecular weight is 335 g/mol. The molecule has 6 nitrogen and oxygen atoms in total. The highest BCUT2D eigenvalue weighted by Gasteiger charge is 2.42. The number of carbonyl (C=O) groups is 2. The number of amides is 2. The third-order valence-corrected chi connectivity index (χ3v) is 4.98. The van der Waals surface area contributed by atoms with Gasteiger partial charge >= 0.3 is 0 Å². The van der Waals surface area contributed by atoms with E-state index in [0.29, 0.717) is 16.7 Å². The normalized spacial score (nSPS) is 20.9. The molecule has 0 saturated carbocycles. The molecular formula is C19H17N3O3. The van der Waals surface area contributed by atoms with Crippen LogP contribution in [0.25, 0.3) is 21.7 Å². The number of hydrogen-bond donors (Lipinski definition) is 1. The Morgan fingerprint density at radius 1 is 1.12 bits per heavy atom. The monoisotopic (exact) mass is 335 g/mol. The van der Waals surface area contributed by atoms with E-state index in [0.717, 1.165) is 10.8 Å². The van der Waals surface area contributed by atoms with Gasteiger partial charge in [0.25, 0.3) is 11.5 Å². The van der Waals surface area contributed by atoms with Crippen molar-refractivity contribution in [2.24, 2.45) is 0 Å². The predicted molar refractivity (Wildman–Crippen MR) is 94.3 cm³/mol. The topological polar surface area (TPSA) is 81.1 Å². The van der Waals surface area contributed by atoms with E-state index in [4.69, 9.17) is 0 Å². The summed E-state index contributed by atoms with van der Waals surface area (Å²) in [5.74, 6) is -0.316. The maximum Gasteiger partial charge on any atom is 0.262 e. The number of hydrogen-bond acceptors (Lipinski definition) is 4. The van der Waals surface area contributed by atoms with Gasteiger partial charge in [-0.3, -0.25) is 24.3 Å². The second-order valence-electron chi connectivity index (χ2n) is 6.67. The molecule has 1 fully saturated rings. The fourth-order valence-electron chi connectivity index (χ4n) is 3.57. The number of piperidine rings is 1. The number of rotatable bonds is 1. The van der Waals surface area contributed by atoms with Crippen LogP contribution in [0.1, 0.15) is 25.6 Å². The van der Waals surface area contributed by atoms with Crippen LogP contribution in [0.15, 0.2) is 41.2 Å². The summed E-state index contributed by atoms with van der Waals surface area (Å²) in [6.07, 6.45) is 0.475. The Hall–Kier alpha value is -3.02. The number of aromatic nitrogens is 2. The minimum atomic E-state index is -1.12. The van der Waals surface area contributed by atoms with Crippen LogP contribution in [0.4, 0.5) is 0 Å². The summed E-state index contributed by atoms with van der Waals surface area (Å²) in [4.78, 5) is 41.7. The largest absolute Gasteiger partial charge is 0.294 e. The Morgan fingerprint density at radius 3 is 2.48 bits per heavy atom. The molecule has 1 aromatic heterocycles. The summed E-state index contributed by atoms with van der Waals surface area (Å²) in [6.45, 7) is 3.39. The second kappa shape index (κ2) is 5.24. The highest BCUT2D eigenvalue weighted by Crippen LogP contribution is 2.27. The van der Waals surface area contributed by atoms with Gasteiger partial charge in [0.05, 0.1) is 10.9 Å². The summed E-state index contributed by atoms with van der Waals surface area (Å²) in [5.41, 5.74) is -0.782. The predicted octanol–water partition coefficient (Wildman–Crippen LogP) is 2.01. The lowest BCUT2D eigenvalue weighted by molar-refractivity contribution is -0.140. The number of imide groups is 1. The van der Waals surface area contributed by atoms with Gasteiger partial charge in [0.2, 0.25) is 5.91 Å². The number of nitrogens with zero attached hydrogens (tertiary/aromatic N) is 2. The lowest BCUT2D eigenvalue weighted by Gasteiger charge is -2.34. The van der Waals surface area contributed by atoms with Crippen LogP contribution in [-0.2, 0) is 15.1 Å². The first kappa shape index (κ1) is 15.5. The zero-order chi connectivity index (χ0) is 17.8. The van der Waals surface area contributed by atoms with Gasteiger partial charge in [0.15, 0.2) is 0 Å². The minimum Gasteiger partial charge on any atom is -0.294 e. The summed E-state index contributed by atoms with van der Waals surface area (Å²) in [6, 6.07) is 11.5. The van der Waals surface area contributed by atoms with Gasteiger partial charge < -0.3 is 0 Å². The molecule has 0 radical (unpaired) electrons. The lowest BCUT2D eigenvalue weighted by Crippen LogP contribution is -2.56. The van der Waals surface area contributed by atoms with Gasteiger partial charge in [0.1, 0.15) is 11.4 Å². The van der Waals surface area contributed by atoms with Gasteiger partial charge in [-0.1, -0.05) is 24.3 Å². The summed E-state index contributed by atoms with van der Waals surface area (Å²) < 4.78 is 1.42. The molecule has 0 unspecified atom stereocenters. The standard InChI is InChI=1S/C19H17N3O3/c1-11-20-15-10-13-6-4-3-5-12(13)9-14(15)17(24)22(11)19(2)8-7-16(23)21-18(19)25/h3-6,9-10H,7-8H2,1-2H3,(H,21,23,25)/t19-/m1/s1. The smallest absolute Gasteiger partial charge is 0.262 e. The maximum atomic E-state index is 13.2. The van der Waals surface area contributed by atoms with Crippen LogP contribution < -0.4 is 10.9 Å². The Labute approximate surface area is 143 Å². The van der Waals surface area contributed by atoms with Crippen LogP contribution in [0, 0.1) is 6.92 Å². The molecule has 2 aromatic carbocycles. The van der Waals surface area contributed by atoms with Crippen molar-refractivity contribution in [2.75, 3.05) is 0 Å². The molecule has 0 bridgehead atoms. The third kappa shape index (κ3) is 2.25. The van der Waals surface area contributed by atoms with Gasteiger partial charge in [-0.25, -0.2) is 4.98 Å². The van der Waals surface area contributed by atoms with Crippen LogP contribution in [0.5, 0.6) is 0 Å². The molecule has 3 aromatic rings. The van der Waals surface area contributed by atoms with Crippen molar-refractivity contribution in [3.05, 3.63) is 52.6 Å². The van der Waals surface area contributed by atoms with Gasteiger partial charge in [0, 0.05) is 6.42 Å². The Kier molecular flexibility index (Phi) is 3.25. The number of fused-ring (bicyclic) bond motifs is 2. The first-order valence-electron chi connectivity index (χ1n) is 8.17. The zero-order valence-corrected chi connectivity index (χ0v) is 14.0. The third-order valence-electron chi connectivity index (χ3n) is 4.98. The quantitative estimate of drug-likeness (QED) is 0.545. The molecule has 2 heterocycles. The van der Waals surface area contributed by atoms with E-state index in [9.17, 15) is 14.4 Å². The van der Waals surface area contributed by atoms with Crippen molar-refractivity contribution in [2.45, 2.75) is 32.2 Å². The van der Waals surface area contributed by atoms with E-state index >= 15 is 0 Å². The molecule has 0 aliphatic carbocycles. The van der Waals surface area contributed by atoms with Crippen LogP contribution >= 0.6 is 0 Å². The van der Waals surface area contributed by atoms with E-state index < -0.39 is 11.4 Å². The first-order valence-corrected chi connectivity index (χ1v) is 8.17. The summed E-state index contributed by atoms with van der Waals surface area (Å²) >= 11 is 0. The Bertz CT molecular complexity index is 1120. The number of nitrogens with one attached hydrogen (secondary N) is 1. The molecule has 2 amide bonds. The zero-order valence-electron chi connectivity index (χ0n) is 14.0. The van der Waals surface area contributed by atoms with E-state index in [2.05, 4.69) is 10.3 Å². The van der Waals surface area contributed by atoms with Crippen LogP contribution in [0.2, 0.25) is 0 Å². The van der Waals surface area contributed by atoms with Crippen molar-refractivity contribution < 1.29 is 9.59 Å².